The van der Waals surface area contributed by atoms with Crippen LogP contribution in [0.25, 0.3) is 0 Å². The topological polar surface area (TPSA) is 76.7 Å². The Morgan fingerprint density at radius 2 is 1.02 bits per heavy atom. The first-order chi connectivity index (χ1) is 21.5. The molecule has 0 spiro atoms. The number of ether oxygens (including phenoxy) is 2. The molecule has 0 bridgehead atoms. The fourth-order valence-electron chi connectivity index (χ4n) is 5.43. The van der Waals surface area contributed by atoms with Gasteiger partial charge < -0.3 is 20.1 Å². The van der Waals surface area contributed by atoms with Crippen LogP contribution < -0.4 is 20.1 Å². The van der Waals surface area contributed by atoms with Crippen LogP contribution in [-0.4, -0.2) is 37.1 Å². The third kappa shape index (κ3) is 8.96. The molecule has 2 amide bonds. The van der Waals surface area contributed by atoms with Crippen molar-refractivity contribution in [3.8, 4) is 11.5 Å². The normalized spacial score (nSPS) is 16.1. The molecule has 2 atom stereocenters. The van der Waals surface area contributed by atoms with Gasteiger partial charge in [-0.3, -0.25) is 9.59 Å². The summed E-state index contributed by atoms with van der Waals surface area (Å²) in [4.78, 5) is 27.2. The molecule has 0 radical (unpaired) electrons. The van der Waals surface area contributed by atoms with E-state index in [0.717, 1.165) is 47.5 Å². The number of carbonyl (C=O) groups is 2. The zero-order chi connectivity index (χ0) is 30.7. The predicted molar refractivity (Wildman–Crippen MR) is 181 cm³/mol. The first-order valence-electron chi connectivity index (χ1n) is 15.0. The summed E-state index contributed by atoms with van der Waals surface area (Å²) in [5, 5.41) is 6.40. The molecule has 5 rings (SSSR count). The van der Waals surface area contributed by atoms with E-state index in [4.69, 9.17) is 9.47 Å². The second kappa shape index (κ2) is 15.9. The van der Waals surface area contributed by atoms with Crippen LogP contribution in [0.4, 0.5) is 0 Å². The van der Waals surface area contributed by atoms with Gasteiger partial charge in [0.1, 0.15) is 11.5 Å². The van der Waals surface area contributed by atoms with Crippen LogP contribution in [-0.2, 0) is 12.8 Å². The maximum Gasteiger partial charge on any atom is 0.255 e. The Morgan fingerprint density at radius 3 is 1.43 bits per heavy atom. The van der Waals surface area contributed by atoms with Crippen molar-refractivity contribution in [3.05, 3.63) is 128 Å². The second-order valence-corrected chi connectivity index (χ2v) is 12.7. The maximum atomic E-state index is 13.6. The highest BCUT2D eigenvalue weighted by atomic mass is 79.9. The highest BCUT2D eigenvalue weighted by Crippen LogP contribution is 2.27. The van der Waals surface area contributed by atoms with E-state index in [1.165, 1.54) is 11.1 Å². The number of benzene rings is 4. The van der Waals surface area contributed by atoms with Gasteiger partial charge in [-0.15, -0.1) is 0 Å². The fraction of sp³-hybridized carbons (Fsp3) is 0.278. The molecule has 0 aliphatic heterocycles. The first kappa shape index (κ1) is 31.8. The molecule has 2 unspecified atom stereocenters. The van der Waals surface area contributed by atoms with Crippen molar-refractivity contribution in [3.63, 3.8) is 0 Å². The number of carbonyl (C=O) groups excluding carboxylic acids is 2. The summed E-state index contributed by atoms with van der Waals surface area (Å²) in [6.45, 7) is 0.910. The minimum atomic E-state index is -0.223. The molecule has 4 aromatic rings. The van der Waals surface area contributed by atoms with Gasteiger partial charge >= 0.3 is 0 Å². The minimum absolute atomic E-state index is 0.217. The lowest BCUT2D eigenvalue weighted by atomic mass is 9.89. The van der Waals surface area contributed by atoms with Crippen molar-refractivity contribution in [2.75, 3.05) is 13.2 Å². The van der Waals surface area contributed by atoms with Crippen LogP contribution in [0.5, 0.6) is 11.5 Å². The Morgan fingerprint density at radius 1 is 0.614 bits per heavy atom. The summed E-state index contributed by atoms with van der Waals surface area (Å²) in [7, 11) is 0. The van der Waals surface area contributed by atoms with E-state index >= 15 is 0 Å². The van der Waals surface area contributed by atoms with Gasteiger partial charge in [-0.1, -0.05) is 105 Å². The van der Waals surface area contributed by atoms with Gasteiger partial charge in [-0.05, 0) is 60.4 Å². The number of halogens is 2. The zero-order valence-electron chi connectivity index (χ0n) is 24.4. The zero-order valence-corrected chi connectivity index (χ0v) is 27.6. The highest BCUT2D eigenvalue weighted by molar-refractivity contribution is 9.10. The van der Waals surface area contributed by atoms with Crippen molar-refractivity contribution in [2.24, 2.45) is 0 Å². The molecule has 44 heavy (non-hydrogen) atoms. The number of hydrogen-bond acceptors (Lipinski definition) is 4. The lowest BCUT2D eigenvalue weighted by molar-refractivity contribution is 0.0858. The Kier molecular flexibility index (Phi) is 11.5. The molecule has 2 N–H and O–H groups in total. The molecule has 0 aromatic heterocycles. The Hall–Kier alpha value is -3.62. The van der Waals surface area contributed by atoms with E-state index in [0.29, 0.717) is 35.8 Å². The molecule has 1 aliphatic carbocycles. The Labute approximate surface area is 275 Å². The molecule has 0 heterocycles. The van der Waals surface area contributed by atoms with Gasteiger partial charge in [0.2, 0.25) is 0 Å². The molecule has 1 fully saturated rings. The van der Waals surface area contributed by atoms with Gasteiger partial charge in [0.05, 0.1) is 24.3 Å². The summed E-state index contributed by atoms with van der Waals surface area (Å²) < 4.78 is 13.7. The largest absolute Gasteiger partial charge is 0.492 e. The molecule has 228 valence electrons. The van der Waals surface area contributed by atoms with E-state index in [1.807, 2.05) is 60.7 Å². The lowest BCUT2D eigenvalue weighted by Gasteiger charge is -2.33. The Bertz CT molecular complexity index is 1430. The van der Waals surface area contributed by atoms with Crippen LogP contribution in [0.3, 0.4) is 0 Å². The van der Waals surface area contributed by atoms with Gasteiger partial charge in [0.15, 0.2) is 0 Å². The van der Waals surface area contributed by atoms with Crippen LogP contribution >= 0.6 is 31.9 Å². The fourth-order valence-corrected chi connectivity index (χ4v) is 6.15. The van der Waals surface area contributed by atoms with Crippen LogP contribution in [0.1, 0.15) is 57.5 Å². The van der Waals surface area contributed by atoms with Crippen LogP contribution in [0.15, 0.2) is 106 Å². The van der Waals surface area contributed by atoms with E-state index in [2.05, 4.69) is 66.8 Å². The lowest BCUT2D eigenvalue weighted by Crippen LogP contribution is -2.53. The average molecular weight is 721 g/mol. The number of rotatable bonds is 12. The molecule has 0 saturated heterocycles. The van der Waals surface area contributed by atoms with Crippen LogP contribution in [0, 0.1) is 0 Å². The second-order valence-electron chi connectivity index (χ2n) is 10.9. The van der Waals surface area contributed by atoms with Gasteiger partial charge in [0, 0.05) is 33.9 Å². The van der Waals surface area contributed by atoms with Crippen LogP contribution in [0.2, 0.25) is 0 Å². The SMILES string of the molecule is O=C(NC1CCCCC1NC(=O)c1cc(Br)ccc1OCCc1ccccc1)c1cc(Br)ccc1OCCc1ccccc1. The third-order valence-corrected chi connectivity index (χ3v) is 8.74. The molecule has 1 saturated carbocycles. The van der Waals surface area contributed by atoms with Crippen molar-refractivity contribution >= 4 is 43.7 Å². The number of hydrogen-bond donors (Lipinski definition) is 2. The molecule has 1 aliphatic rings. The highest BCUT2D eigenvalue weighted by Gasteiger charge is 2.30. The number of amides is 2. The Balaban J connectivity index is 1.23. The minimum Gasteiger partial charge on any atom is -0.492 e. The van der Waals surface area contributed by atoms with E-state index in [9.17, 15) is 9.59 Å². The monoisotopic (exact) mass is 718 g/mol. The summed E-state index contributed by atoms with van der Waals surface area (Å²) in [5.41, 5.74) is 3.27. The molecular formula is C36H36Br2N2O4. The van der Waals surface area contributed by atoms with E-state index < -0.39 is 0 Å². The van der Waals surface area contributed by atoms with Crippen molar-refractivity contribution in [2.45, 2.75) is 50.6 Å². The molecule has 8 heteroatoms. The van der Waals surface area contributed by atoms with E-state index in [1.54, 1.807) is 12.1 Å². The summed E-state index contributed by atoms with van der Waals surface area (Å²) in [5.74, 6) is 0.619. The molecular weight excluding hydrogens is 684 g/mol. The molecule has 4 aromatic carbocycles. The van der Waals surface area contributed by atoms with E-state index in [-0.39, 0.29) is 23.9 Å². The van der Waals surface area contributed by atoms with Gasteiger partial charge in [-0.2, -0.15) is 0 Å². The summed E-state index contributed by atoms with van der Waals surface area (Å²) in [6, 6.07) is 30.7. The third-order valence-electron chi connectivity index (χ3n) is 7.75. The van der Waals surface area contributed by atoms with Crippen molar-refractivity contribution < 1.29 is 19.1 Å². The number of nitrogens with one attached hydrogen (secondary N) is 2. The summed E-state index contributed by atoms with van der Waals surface area (Å²) >= 11 is 7.00. The summed E-state index contributed by atoms with van der Waals surface area (Å²) in [6.07, 6.45) is 4.97. The van der Waals surface area contributed by atoms with Gasteiger partial charge in [-0.25, -0.2) is 0 Å². The van der Waals surface area contributed by atoms with Crippen molar-refractivity contribution in [1.29, 1.82) is 0 Å². The molecule has 6 nitrogen and oxygen atoms in total. The quantitative estimate of drug-likeness (QED) is 0.156. The van der Waals surface area contributed by atoms with Gasteiger partial charge in [0.25, 0.3) is 11.8 Å². The smallest absolute Gasteiger partial charge is 0.255 e. The first-order valence-corrected chi connectivity index (χ1v) is 16.6. The van der Waals surface area contributed by atoms with Crippen molar-refractivity contribution in [1.82, 2.24) is 10.6 Å². The standard InChI is InChI=1S/C36H36Br2N2O4/c37-27-15-17-33(43-21-19-25-9-3-1-4-10-25)29(23-27)35(41)39-31-13-7-8-14-32(31)40-36(42)30-24-28(38)16-18-34(30)44-22-20-26-11-5-2-6-12-26/h1-6,9-12,15-18,23-24,31-32H,7-8,13-14,19-22H2,(H,39,41)(H,40,42). The maximum absolute atomic E-state index is 13.6. The average Bonchev–Trinajstić information content (AvgIpc) is 3.04. The predicted octanol–water partition coefficient (Wildman–Crippen LogP) is 7.93.